The van der Waals surface area contributed by atoms with Crippen molar-refractivity contribution in [2.75, 3.05) is 6.54 Å². The van der Waals surface area contributed by atoms with Crippen LogP contribution in [0.5, 0.6) is 0 Å². The highest BCUT2D eigenvalue weighted by Gasteiger charge is 2.35. The molecule has 5 heteroatoms. The first kappa shape index (κ1) is 15.2. The zero-order valence-corrected chi connectivity index (χ0v) is 12.9. The summed E-state index contributed by atoms with van der Waals surface area (Å²) in [6.07, 6.45) is 2.95. The number of hydrogen-bond acceptors (Lipinski definition) is 3. The van der Waals surface area contributed by atoms with E-state index in [1.54, 1.807) is 12.3 Å². The van der Waals surface area contributed by atoms with Crippen LogP contribution >= 0.6 is 0 Å². The molecule has 1 aliphatic heterocycles. The van der Waals surface area contributed by atoms with Gasteiger partial charge in [0.15, 0.2) is 0 Å². The van der Waals surface area contributed by atoms with Gasteiger partial charge in [-0.2, -0.15) is 0 Å². The number of pyridine rings is 1. The SMILES string of the molecule is Cc1c(C(=O)N2CCC[C@H]2C(=O)O)cccc1-c1ccccn1. The van der Waals surface area contributed by atoms with E-state index in [1.165, 1.54) is 4.90 Å². The van der Waals surface area contributed by atoms with Crippen molar-refractivity contribution in [1.29, 1.82) is 0 Å². The minimum atomic E-state index is -0.936. The number of aromatic nitrogens is 1. The fourth-order valence-corrected chi connectivity index (χ4v) is 3.09. The van der Waals surface area contributed by atoms with E-state index in [4.69, 9.17) is 0 Å². The number of likely N-dealkylation sites (tertiary alicyclic amines) is 1. The molecular formula is C18H18N2O3. The first-order valence-corrected chi connectivity index (χ1v) is 7.64. The molecule has 1 aromatic carbocycles. The Morgan fingerprint density at radius 1 is 1.22 bits per heavy atom. The number of nitrogens with zero attached hydrogens (tertiary/aromatic N) is 2. The highest BCUT2D eigenvalue weighted by molar-refractivity contribution is 5.99. The largest absolute Gasteiger partial charge is 0.480 e. The molecular weight excluding hydrogens is 292 g/mol. The predicted octanol–water partition coefficient (Wildman–Crippen LogP) is 2.75. The summed E-state index contributed by atoms with van der Waals surface area (Å²) in [5.74, 6) is -1.15. The Kier molecular flexibility index (Phi) is 4.10. The van der Waals surface area contributed by atoms with Crippen LogP contribution < -0.4 is 0 Å². The second-order valence-corrected chi connectivity index (χ2v) is 5.69. The summed E-state index contributed by atoms with van der Waals surface area (Å²) < 4.78 is 0. The maximum atomic E-state index is 12.8. The first-order chi connectivity index (χ1) is 11.1. The summed E-state index contributed by atoms with van der Waals surface area (Å²) in [5.41, 5.74) is 3.06. The van der Waals surface area contributed by atoms with Gasteiger partial charge in [-0.25, -0.2) is 4.79 Å². The molecule has 1 atom stereocenters. The van der Waals surface area contributed by atoms with Crippen molar-refractivity contribution in [1.82, 2.24) is 9.88 Å². The van der Waals surface area contributed by atoms with E-state index in [2.05, 4.69) is 4.98 Å². The molecule has 0 unspecified atom stereocenters. The van der Waals surface area contributed by atoms with E-state index in [9.17, 15) is 14.7 Å². The topological polar surface area (TPSA) is 70.5 Å². The molecule has 1 fully saturated rings. The van der Waals surface area contributed by atoms with Crippen LogP contribution in [0.2, 0.25) is 0 Å². The molecule has 0 saturated carbocycles. The summed E-state index contributed by atoms with van der Waals surface area (Å²) in [5, 5.41) is 9.28. The molecule has 0 spiro atoms. The Morgan fingerprint density at radius 2 is 2.04 bits per heavy atom. The number of carbonyl (C=O) groups excluding carboxylic acids is 1. The number of rotatable bonds is 3. The molecule has 1 aliphatic rings. The summed E-state index contributed by atoms with van der Waals surface area (Å²) in [6, 6.07) is 10.4. The quantitative estimate of drug-likeness (QED) is 0.946. The average Bonchev–Trinajstić information content (AvgIpc) is 3.05. The number of aliphatic carboxylic acids is 1. The molecule has 23 heavy (non-hydrogen) atoms. The van der Waals surface area contributed by atoms with E-state index < -0.39 is 12.0 Å². The molecule has 0 bridgehead atoms. The molecule has 2 aromatic rings. The minimum Gasteiger partial charge on any atom is -0.480 e. The molecule has 1 N–H and O–H groups in total. The normalized spacial score (nSPS) is 17.3. The maximum Gasteiger partial charge on any atom is 0.326 e. The van der Waals surface area contributed by atoms with Gasteiger partial charge in [0.25, 0.3) is 5.91 Å². The highest BCUT2D eigenvalue weighted by atomic mass is 16.4. The number of carbonyl (C=O) groups is 2. The maximum absolute atomic E-state index is 12.8. The van der Waals surface area contributed by atoms with Crippen LogP contribution in [-0.4, -0.2) is 39.5 Å². The van der Waals surface area contributed by atoms with E-state index in [0.717, 1.165) is 23.2 Å². The lowest BCUT2D eigenvalue weighted by Gasteiger charge is -2.23. The number of carboxylic acids is 1. The van der Waals surface area contributed by atoms with E-state index >= 15 is 0 Å². The molecule has 0 aliphatic carbocycles. The Balaban J connectivity index is 1.98. The van der Waals surface area contributed by atoms with Crippen molar-refractivity contribution in [3.63, 3.8) is 0 Å². The molecule has 1 saturated heterocycles. The third-order valence-corrected chi connectivity index (χ3v) is 4.30. The smallest absolute Gasteiger partial charge is 0.326 e. The Morgan fingerprint density at radius 3 is 2.74 bits per heavy atom. The van der Waals surface area contributed by atoms with E-state index in [-0.39, 0.29) is 5.91 Å². The van der Waals surface area contributed by atoms with Crippen LogP contribution in [0.1, 0.15) is 28.8 Å². The Bertz CT molecular complexity index is 743. The Labute approximate surface area is 134 Å². The summed E-state index contributed by atoms with van der Waals surface area (Å²) in [6.45, 7) is 2.37. The van der Waals surface area contributed by atoms with Gasteiger partial charge in [0.2, 0.25) is 0 Å². The van der Waals surface area contributed by atoms with Crippen LogP contribution in [0.4, 0.5) is 0 Å². The van der Waals surface area contributed by atoms with Gasteiger partial charge >= 0.3 is 5.97 Å². The van der Waals surface area contributed by atoms with Crippen LogP contribution in [-0.2, 0) is 4.79 Å². The zero-order chi connectivity index (χ0) is 16.4. The lowest BCUT2D eigenvalue weighted by atomic mass is 9.98. The number of amides is 1. The molecule has 118 valence electrons. The summed E-state index contributed by atoms with van der Waals surface area (Å²) in [7, 11) is 0. The van der Waals surface area contributed by atoms with Crippen molar-refractivity contribution in [3.8, 4) is 11.3 Å². The fourth-order valence-electron chi connectivity index (χ4n) is 3.09. The average molecular weight is 310 g/mol. The van der Waals surface area contributed by atoms with Crippen LogP contribution in [0.15, 0.2) is 42.6 Å². The van der Waals surface area contributed by atoms with Crippen LogP contribution in [0, 0.1) is 6.92 Å². The highest BCUT2D eigenvalue weighted by Crippen LogP contribution is 2.27. The van der Waals surface area contributed by atoms with Gasteiger partial charge in [0.05, 0.1) is 5.69 Å². The van der Waals surface area contributed by atoms with Gasteiger partial charge in [0, 0.05) is 23.9 Å². The molecule has 1 amide bonds. The van der Waals surface area contributed by atoms with E-state index in [0.29, 0.717) is 18.5 Å². The third-order valence-electron chi connectivity index (χ3n) is 4.30. The van der Waals surface area contributed by atoms with Gasteiger partial charge in [-0.1, -0.05) is 18.2 Å². The molecule has 0 radical (unpaired) electrons. The molecule has 1 aromatic heterocycles. The summed E-state index contributed by atoms with van der Waals surface area (Å²) >= 11 is 0. The van der Waals surface area contributed by atoms with Crippen molar-refractivity contribution in [2.24, 2.45) is 0 Å². The van der Waals surface area contributed by atoms with Gasteiger partial charge in [-0.05, 0) is 43.5 Å². The van der Waals surface area contributed by atoms with Crippen molar-refractivity contribution >= 4 is 11.9 Å². The third kappa shape index (κ3) is 2.82. The van der Waals surface area contributed by atoms with E-state index in [1.807, 2.05) is 37.3 Å². The second-order valence-electron chi connectivity index (χ2n) is 5.69. The monoisotopic (exact) mass is 310 g/mol. The number of carboxylic acid groups (broad SMARTS) is 1. The number of benzene rings is 1. The lowest BCUT2D eigenvalue weighted by Crippen LogP contribution is -2.40. The van der Waals surface area contributed by atoms with Gasteiger partial charge in [0.1, 0.15) is 6.04 Å². The fraction of sp³-hybridized carbons (Fsp3) is 0.278. The van der Waals surface area contributed by atoms with Crippen molar-refractivity contribution in [2.45, 2.75) is 25.8 Å². The standard InChI is InChI=1S/C18H18N2O3/c1-12-13(15-8-2-3-10-19-15)6-4-7-14(12)17(21)20-11-5-9-16(20)18(22)23/h2-4,6-8,10,16H,5,9,11H2,1H3,(H,22,23)/t16-/m0/s1. The second kappa shape index (κ2) is 6.20. The van der Waals surface area contributed by atoms with Gasteiger partial charge < -0.3 is 10.0 Å². The Hall–Kier alpha value is -2.69. The molecule has 2 heterocycles. The van der Waals surface area contributed by atoms with Gasteiger partial charge in [-0.3, -0.25) is 9.78 Å². The van der Waals surface area contributed by atoms with Crippen molar-refractivity contribution in [3.05, 3.63) is 53.7 Å². The van der Waals surface area contributed by atoms with Crippen LogP contribution in [0.3, 0.4) is 0 Å². The lowest BCUT2D eigenvalue weighted by molar-refractivity contribution is -0.141. The minimum absolute atomic E-state index is 0.217. The predicted molar refractivity (Wildman–Crippen MR) is 86.1 cm³/mol. The number of hydrogen-bond donors (Lipinski definition) is 1. The molecule has 5 nitrogen and oxygen atoms in total. The first-order valence-electron chi connectivity index (χ1n) is 7.64. The zero-order valence-electron chi connectivity index (χ0n) is 12.9. The summed E-state index contributed by atoms with van der Waals surface area (Å²) in [4.78, 5) is 29.9. The van der Waals surface area contributed by atoms with Gasteiger partial charge in [-0.15, -0.1) is 0 Å². The molecule has 3 rings (SSSR count). The van der Waals surface area contributed by atoms with Crippen LogP contribution in [0.25, 0.3) is 11.3 Å². The van der Waals surface area contributed by atoms with Crippen molar-refractivity contribution < 1.29 is 14.7 Å².